The van der Waals surface area contributed by atoms with E-state index in [1.54, 1.807) is 6.07 Å². The Kier molecular flexibility index (Phi) is 5.23. The zero-order valence-corrected chi connectivity index (χ0v) is 16.3. The normalized spacial score (nSPS) is 15.4. The Morgan fingerprint density at radius 1 is 1.23 bits per heavy atom. The lowest BCUT2D eigenvalue weighted by Crippen LogP contribution is -2.31. The molecule has 1 aliphatic heterocycles. The van der Waals surface area contributed by atoms with Gasteiger partial charge in [-0.25, -0.2) is 4.98 Å². The second-order valence-electron chi connectivity index (χ2n) is 6.25. The van der Waals surface area contributed by atoms with Crippen molar-refractivity contribution in [3.63, 3.8) is 0 Å². The molecule has 8 heteroatoms. The smallest absolute Gasteiger partial charge is 0.275 e. The summed E-state index contributed by atoms with van der Waals surface area (Å²) in [4.78, 5) is 19.7. The fraction of sp³-hybridized carbons (Fsp3) is 0.389. The molecule has 0 atom stereocenters. The zero-order chi connectivity index (χ0) is 17.9. The molecule has 0 bridgehead atoms. The molecule has 6 nitrogen and oxygen atoms in total. The van der Waals surface area contributed by atoms with Gasteiger partial charge in [0.1, 0.15) is 0 Å². The summed E-state index contributed by atoms with van der Waals surface area (Å²) in [7, 11) is 0. The Morgan fingerprint density at radius 3 is 2.88 bits per heavy atom. The maximum atomic E-state index is 12.1. The van der Waals surface area contributed by atoms with E-state index in [1.165, 1.54) is 32.9 Å². The van der Waals surface area contributed by atoms with E-state index in [2.05, 4.69) is 38.5 Å². The van der Waals surface area contributed by atoms with Crippen molar-refractivity contribution in [1.82, 2.24) is 19.5 Å². The number of aromatic nitrogens is 3. The minimum atomic E-state index is -0.132. The van der Waals surface area contributed by atoms with Gasteiger partial charge in [-0.05, 0) is 24.1 Å². The molecule has 1 aromatic carbocycles. The number of hydrogen-bond donors (Lipinski definition) is 1. The van der Waals surface area contributed by atoms with Crippen molar-refractivity contribution in [3.05, 3.63) is 51.9 Å². The first-order valence-electron chi connectivity index (χ1n) is 8.77. The second kappa shape index (κ2) is 7.77. The van der Waals surface area contributed by atoms with Gasteiger partial charge in [0.05, 0.1) is 0 Å². The highest BCUT2D eigenvalue weighted by Crippen LogP contribution is 2.23. The molecule has 0 radical (unpaired) electrons. The van der Waals surface area contributed by atoms with Crippen molar-refractivity contribution in [1.29, 1.82) is 0 Å². The monoisotopic (exact) mass is 387 g/mol. The summed E-state index contributed by atoms with van der Waals surface area (Å²) in [6, 6.07) is 9.94. The van der Waals surface area contributed by atoms with Crippen molar-refractivity contribution >= 4 is 38.9 Å². The summed E-state index contributed by atoms with van der Waals surface area (Å²) >= 11 is 3.42. The molecule has 0 saturated carbocycles. The van der Waals surface area contributed by atoms with Crippen LogP contribution in [0.4, 0.5) is 10.8 Å². The molecule has 0 amide bonds. The van der Waals surface area contributed by atoms with Gasteiger partial charge >= 0.3 is 0 Å². The van der Waals surface area contributed by atoms with Crippen molar-refractivity contribution < 1.29 is 0 Å². The molecule has 0 unspecified atom stereocenters. The van der Waals surface area contributed by atoms with Crippen LogP contribution in [0.25, 0.3) is 4.96 Å². The van der Waals surface area contributed by atoms with Gasteiger partial charge in [-0.2, -0.15) is 16.3 Å². The molecule has 136 valence electrons. The highest BCUT2D eigenvalue weighted by atomic mass is 32.2. The molecule has 1 fully saturated rings. The molecule has 1 N–H and O–H groups in total. The number of thioether (sulfide) groups is 1. The van der Waals surface area contributed by atoms with Crippen LogP contribution >= 0.6 is 23.1 Å². The van der Waals surface area contributed by atoms with E-state index in [9.17, 15) is 4.79 Å². The van der Waals surface area contributed by atoms with Gasteiger partial charge in [0.2, 0.25) is 10.1 Å². The third kappa shape index (κ3) is 3.92. The number of benzene rings is 1. The van der Waals surface area contributed by atoms with E-state index in [0.717, 1.165) is 37.4 Å². The minimum absolute atomic E-state index is 0.132. The lowest BCUT2D eigenvalue weighted by molar-refractivity contribution is 0.294. The Labute approximate surface area is 160 Å². The van der Waals surface area contributed by atoms with Crippen molar-refractivity contribution in [2.75, 3.05) is 29.9 Å². The number of anilines is 2. The van der Waals surface area contributed by atoms with Crippen LogP contribution in [-0.4, -0.2) is 44.1 Å². The van der Waals surface area contributed by atoms with Crippen LogP contribution in [0.1, 0.15) is 18.2 Å². The third-order valence-electron chi connectivity index (χ3n) is 4.35. The molecule has 3 aromatic rings. The Bertz CT molecular complexity index is 962. The SMILES string of the molecule is CCc1cc(=O)n2nc(Nc3cccc(CN4CCSCC4)c3)sc2n1. The number of nitrogens with zero attached hydrogens (tertiary/aromatic N) is 4. The number of hydrogen-bond acceptors (Lipinski definition) is 7. The first-order valence-corrected chi connectivity index (χ1v) is 10.7. The molecule has 26 heavy (non-hydrogen) atoms. The van der Waals surface area contributed by atoms with Crippen LogP contribution in [-0.2, 0) is 13.0 Å². The maximum absolute atomic E-state index is 12.1. The van der Waals surface area contributed by atoms with Crippen LogP contribution < -0.4 is 10.9 Å². The van der Waals surface area contributed by atoms with E-state index >= 15 is 0 Å². The first-order chi connectivity index (χ1) is 12.7. The quantitative estimate of drug-likeness (QED) is 0.726. The van der Waals surface area contributed by atoms with Gasteiger partial charge in [0.15, 0.2) is 0 Å². The molecule has 0 spiro atoms. The predicted octanol–water partition coefficient (Wildman–Crippen LogP) is 3.01. The number of fused-ring (bicyclic) bond motifs is 1. The van der Waals surface area contributed by atoms with E-state index in [0.29, 0.717) is 10.1 Å². The topological polar surface area (TPSA) is 62.5 Å². The summed E-state index contributed by atoms with van der Waals surface area (Å²) in [5.74, 6) is 2.43. The maximum Gasteiger partial charge on any atom is 0.275 e. The molecular formula is C18H21N5OS2. The number of nitrogens with one attached hydrogen (secondary N) is 1. The summed E-state index contributed by atoms with van der Waals surface area (Å²) < 4.78 is 1.36. The highest BCUT2D eigenvalue weighted by molar-refractivity contribution is 7.99. The van der Waals surface area contributed by atoms with Crippen LogP contribution in [0.5, 0.6) is 0 Å². The molecule has 3 heterocycles. The lowest BCUT2D eigenvalue weighted by Gasteiger charge is -2.26. The molecule has 1 saturated heterocycles. The second-order valence-corrected chi connectivity index (χ2v) is 8.44. The number of aryl methyl sites for hydroxylation is 1. The Morgan fingerprint density at radius 2 is 2.08 bits per heavy atom. The fourth-order valence-electron chi connectivity index (χ4n) is 2.98. The Balaban J connectivity index is 1.53. The summed E-state index contributed by atoms with van der Waals surface area (Å²) in [5.41, 5.74) is 2.93. The van der Waals surface area contributed by atoms with E-state index in [-0.39, 0.29) is 5.56 Å². The third-order valence-corrected chi connectivity index (χ3v) is 6.11. The molecular weight excluding hydrogens is 366 g/mol. The average molecular weight is 388 g/mol. The van der Waals surface area contributed by atoms with Crippen LogP contribution in [0.2, 0.25) is 0 Å². The first kappa shape index (κ1) is 17.5. The van der Waals surface area contributed by atoms with Crippen molar-refractivity contribution in [2.24, 2.45) is 0 Å². The van der Waals surface area contributed by atoms with Crippen molar-refractivity contribution in [3.8, 4) is 0 Å². The van der Waals surface area contributed by atoms with Crippen molar-refractivity contribution in [2.45, 2.75) is 19.9 Å². The average Bonchev–Trinajstić information content (AvgIpc) is 3.06. The standard InChI is InChI=1S/C18H21N5OS2/c1-2-14-11-16(24)23-18(20-14)26-17(21-23)19-15-5-3-4-13(10-15)12-22-6-8-25-9-7-22/h3-5,10-11H,2,6-9,12H2,1H3,(H,19,21). The molecule has 2 aromatic heterocycles. The number of rotatable bonds is 5. The zero-order valence-electron chi connectivity index (χ0n) is 14.6. The Hall–Kier alpha value is -1.90. The van der Waals surface area contributed by atoms with E-state index < -0.39 is 0 Å². The summed E-state index contributed by atoms with van der Waals surface area (Å²) in [5, 5.41) is 8.36. The van der Waals surface area contributed by atoms with Gasteiger partial charge < -0.3 is 5.32 Å². The highest BCUT2D eigenvalue weighted by Gasteiger charge is 2.12. The van der Waals surface area contributed by atoms with Crippen LogP contribution in [0, 0.1) is 0 Å². The van der Waals surface area contributed by atoms with E-state index in [4.69, 9.17) is 0 Å². The van der Waals surface area contributed by atoms with Gasteiger partial charge in [-0.3, -0.25) is 9.69 Å². The van der Waals surface area contributed by atoms with Gasteiger partial charge in [-0.1, -0.05) is 30.4 Å². The fourth-order valence-corrected chi connectivity index (χ4v) is 4.80. The van der Waals surface area contributed by atoms with E-state index in [1.807, 2.05) is 24.8 Å². The molecule has 1 aliphatic rings. The summed E-state index contributed by atoms with van der Waals surface area (Å²) in [6.07, 6.45) is 0.740. The minimum Gasteiger partial charge on any atom is -0.330 e. The molecule has 0 aliphatic carbocycles. The van der Waals surface area contributed by atoms with Crippen LogP contribution in [0.15, 0.2) is 35.1 Å². The molecule has 4 rings (SSSR count). The largest absolute Gasteiger partial charge is 0.330 e. The van der Waals surface area contributed by atoms with Gasteiger partial charge in [0.25, 0.3) is 5.56 Å². The van der Waals surface area contributed by atoms with Gasteiger partial charge in [-0.15, -0.1) is 5.10 Å². The van der Waals surface area contributed by atoms with Crippen LogP contribution in [0.3, 0.4) is 0 Å². The predicted molar refractivity (Wildman–Crippen MR) is 109 cm³/mol. The van der Waals surface area contributed by atoms with Gasteiger partial charge in [0, 0.05) is 48.6 Å². The summed E-state index contributed by atoms with van der Waals surface area (Å²) in [6.45, 7) is 5.25. The lowest BCUT2D eigenvalue weighted by atomic mass is 10.2.